The van der Waals surface area contributed by atoms with Gasteiger partial charge in [-0.05, 0) is 44.0 Å². The molecule has 24 heavy (non-hydrogen) atoms. The third kappa shape index (κ3) is 3.13. The van der Waals surface area contributed by atoms with Gasteiger partial charge in [0, 0.05) is 24.6 Å². The Morgan fingerprint density at radius 3 is 2.75 bits per heavy atom. The summed E-state index contributed by atoms with van der Waals surface area (Å²) in [4.78, 5) is 2.51. The van der Waals surface area contributed by atoms with Gasteiger partial charge in [0.15, 0.2) is 11.5 Å². The monoisotopic (exact) mass is 330 g/mol. The highest BCUT2D eigenvalue weighted by Crippen LogP contribution is 2.37. The molecule has 1 aromatic heterocycles. The van der Waals surface area contributed by atoms with E-state index in [1.165, 1.54) is 17.5 Å². The Morgan fingerprint density at radius 1 is 1.25 bits per heavy atom. The summed E-state index contributed by atoms with van der Waals surface area (Å²) in [5, 5.41) is 4.19. The Labute approximate surface area is 143 Å². The molecule has 5 heteroatoms. The van der Waals surface area contributed by atoms with Crippen LogP contribution in [0.25, 0.3) is 0 Å². The third-order valence-electron chi connectivity index (χ3n) is 4.83. The number of likely N-dealkylation sites (tertiary alicyclic amines) is 1. The Bertz CT molecular complexity index is 696. The molecule has 0 spiro atoms. The third-order valence-corrected chi connectivity index (χ3v) is 4.83. The van der Waals surface area contributed by atoms with Gasteiger partial charge < -0.3 is 14.0 Å². The van der Waals surface area contributed by atoms with Crippen molar-refractivity contribution in [3.63, 3.8) is 0 Å². The van der Waals surface area contributed by atoms with E-state index in [2.05, 4.69) is 29.1 Å². The van der Waals surface area contributed by atoms with Crippen molar-refractivity contribution in [2.24, 2.45) is 0 Å². The van der Waals surface area contributed by atoms with Gasteiger partial charge in [0.25, 0.3) is 0 Å². The molecule has 3 rings (SSSR count). The van der Waals surface area contributed by atoms with Gasteiger partial charge in [-0.1, -0.05) is 18.1 Å². The van der Waals surface area contributed by atoms with Gasteiger partial charge in [-0.15, -0.1) is 0 Å². The molecule has 1 aliphatic rings. The molecule has 2 aromatic rings. The fraction of sp³-hybridized carbons (Fsp3) is 0.526. The van der Waals surface area contributed by atoms with Crippen LogP contribution in [-0.2, 0) is 13.0 Å². The van der Waals surface area contributed by atoms with Crippen molar-refractivity contribution in [3.05, 3.63) is 40.8 Å². The summed E-state index contributed by atoms with van der Waals surface area (Å²) < 4.78 is 16.3. The standard InChI is InChI=1S/C19H26N2O3/c1-5-16-19(13(2)20-24-16)15-7-6-10-21(15)12-14-8-9-17(22-3)18(11-14)23-4/h8-9,11,15H,5-7,10,12H2,1-4H3/t15-/m0/s1. The molecular weight excluding hydrogens is 304 g/mol. The predicted molar refractivity (Wildman–Crippen MR) is 92.5 cm³/mol. The topological polar surface area (TPSA) is 47.7 Å². The summed E-state index contributed by atoms with van der Waals surface area (Å²) in [6.45, 7) is 6.15. The van der Waals surface area contributed by atoms with Gasteiger partial charge in [-0.3, -0.25) is 4.90 Å². The van der Waals surface area contributed by atoms with Crippen molar-refractivity contribution in [2.45, 2.75) is 45.7 Å². The first kappa shape index (κ1) is 16.8. The normalized spacial score (nSPS) is 18.1. The zero-order chi connectivity index (χ0) is 17.1. The maximum absolute atomic E-state index is 5.51. The van der Waals surface area contributed by atoms with Crippen molar-refractivity contribution in [2.75, 3.05) is 20.8 Å². The molecule has 0 unspecified atom stereocenters. The first-order chi connectivity index (χ1) is 11.7. The van der Waals surface area contributed by atoms with Crippen LogP contribution in [0, 0.1) is 6.92 Å². The van der Waals surface area contributed by atoms with E-state index < -0.39 is 0 Å². The molecule has 1 aromatic carbocycles. The number of aryl methyl sites for hydroxylation is 2. The Kier molecular flexibility index (Phi) is 5.09. The Balaban J connectivity index is 1.83. The van der Waals surface area contributed by atoms with Crippen LogP contribution in [0.3, 0.4) is 0 Å². The van der Waals surface area contributed by atoms with E-state index in [-0.39, 0.29) is 0 Å². The number of hydrogen-bond donors (Lipinski definition) is 0. The van der Waals surface area contributed by atoms with E-state index in [0.717, 1.165) is 48.9 Å². The lowest BCUT2D eigenvalue weighted by Crippen LogP contribution is -2.23. The second kappa shape index (κ2) is 7.26. The van der Waals surface area contributed by atoms with Crippen LogP contribution in [0.15, 0.2) is 22.7 Å². The number of hydrogen-bond acceptors (Lipinski definition) is 5. The highest BCUT2D eigenvalue weighted by molar-refractivity contribution is 5.43. The molecule has 1 fully saturated rings. The first-order valence-corrected chi connectivity index (χ1v) is 8.57. The van der Waals surface area contributed by atoms with Gasteiger partial charge in [-0.2, -0.15) is 0 Å². The minimum Gasteiger partial charge on any atom is -0.493 e. The maximum Gasteiger partial charge on any atom is 0.161 e. The van der Waals surface area contributed by atoms with Gasteiger partial charge in [-0.25, -0.2) is 0 Å². The Morgan fingerprint density at radius 2 is 2.04 bits per heavy atom. The lowest BCUT2D eigenvalue weighted by Gasteiger charge is -2.25. The number of methoxy groups -OCH3 is 2. The first-order valence-electron chi connectivity index (χ1n) is 8.57. The molecule has 130 valence electrons. The van der Waals surface area contributed by atoms with E-state index in [9.17, 15) is 0 Å². The summed E-state index contributed by atoms with van der Waals surface area (Å²) in [6.07, 6.45) is 3.24. The fourth-order valence-electron chi connectivity index (χ4n) is 3.66. The second-order valence-electron chi connectivity index (χ2n) is 6.28. The minimum absolute atomic E-state index is 0.388. The zero-order valence-corrected chi connectivity index (χ0v) is 15.0. The number of aromatic nitrogens is 1. The van der Waals surface area contributed by atoms with Crippen LogP contribution in [0.4, 0.5) is 0 Å². The van der Waals surface area contributed by atoms with Gasteiger partial charge >= 0.3 is 0 Å². The van der Waals surface area contributed by atoms with Crippen molar-refractivity contribution < 1.29 is 14.0 Å². The van der Waals surface area contributed by atoms with Crippen LogP contribution in [0.5, 0.6) is 11.5 Å². The summed E-state index contributed by atoms with van der Waals surface area (Å²) in [7, 11) is 3.34. The van der Waals surface area contributed by atoms with E-state index >= 15 is 0 Å². The van der Waals surface area contributed by atoms with Crippen molar-refractivity contribution >= 4 is 0 Å². The SMILES string of the molecule is CCc1onc(C)c1[C@@H]1CCCN1Cc1ccc(OC)c(OC)c1. The Hall–Kier alpha value is -2.01. The molecule has 0 radical (unpaired) electrons. The molecule has 0 saturated carbocycles. The van der Waals surface area contributed by atoms with Crippen molar-refractivity contribution in [3.8, 4) is 11.5 Å². The van der Waals surface area contributed by atoms with Crippen LogP contribution in [0.2, 0.25) is 0 Å². The highest BCUT2D eigenvalue weighted by Gasteiger charge is 2.31. The lowest BCUT2D eigenvalue weighted by atomic mass is 10.0. The summed E-state index contributed by atoms with van der Waals surface area (Å²) in [5.41, 5.74) is 3.54. The summed E-state index contributed by atoms with van der Waals surface area (Å²) in [6, 6.07) is 6.54. The number of rotatable bonds is 6. The molecule has 1 atom stereocenters. The smallest absolute Gasteiger partial charge is 0.161 e. The van der Waals surface area contributed by atoms with E-state index in [1.807, 2.05) is 13.0 Å². The van der Waals surface area contributed by atoms with Crippen molar-refractivity contribution in [1.29, 1.82) is 0 Å². The number of nitrogens with zero attached hydrogens (tertiary/aromatic N) is 2. The average Bonchev–Trinajstić information content (AvgIpc) is 3.20. The molecule has 0 amide bonds. The maximum atomic E-state index is 5.51. The van der Waals surface area contributed by atoms with Crippen molar-refractivity contribution in [1.82, 2.24) is 10.1 Å². The molecule has 2 heterocycles. The quantitative estimate of drug-likeness (QED) is 0.804. The van der Waals surface area contributed by atoms with E-state index in [0.29, 0.717) is 6.04 Å². The van der Waals surface area contributed by atoms with Crippen LogP contribution < -0.4 is 9.47 Å². The molecule has 0 N–H and O–H groups in total. The fourth-order valence-corrected chi connectivity index (χ4v) is 3.66. The predicted octanol–water partition coefficient (Wildman–Crippen LogP) is 3.90. The molecule has 0 aliphatic carbocycles. The van der Waals surface area contributed by atoms with Gasteiger partial charge in [0.1, 0.15) is 5.76 Å². The van der Waals surface area contributed by atoms with E-state index in [1.54, 1.807) is 14.2 Å². The van der Waals surface area contributed by atoms with Gasteiger partial charge in [0.05, 0.1) is 19.9 Å². The van der Waals surface area contributed by atoms with Crippen LogP contribution in [-0.4, -0.2) is 30.8 Å². The lowest BCUT2D eigenvalue weighted by molar-refractivity contribution is 0.244. The van der Waals surface area contributed by atoms with Crippen LogP contribution in [0.1, 0.15) is 48.4 Å². The highest BCUT2D eigenvalue weighted by atomic mass is 16.5. The molecule has 1 saturated heterocycles. The average molecular weight is 330 g/mol. The minimum atomic E-state index is 0.388. The summed E-state index contributed by atoms with van der Waals surface area (Å²) >= 11 is 0. The molecule has 0 bridgehead atoms. The largest absolute Gasteiger partial charge is 0.493 e. The second-order valence-corrected chi connectivity index (χ2v) is 6.28. The van der Waals surface area contributed by atoms with E-state index in [4.69, 9.17) is 14.0 Å². The molecule has 1 aliphatic heterocycles. The molecular formula is C19H26N2O3. The molecule has 5 nitrogen and oxygen atoms in total. The zero-order valence-electron chi connectivity index (χ0n) is 15.0. The summed E-state index contributed by atoms with van der Waals surface area (Å²) in [5.74, 6) is 2.57. The number of ether oxygens (including phenoxy) is 2. The van der Waals surface area contributed by atoms with Crippen LogP contribution >= 0.6 is 0 Å². The number of benzene rings is 1. The van der Waals surface area contributed by atoms with Gasteiger partial charge in [0.2, 0.25) is 0 Å².